The number of hydrogen-bond acceptors (Lipinski definition) is 2. The molecule has 1 aromatic heterocycles. The van der Waals surface area contributed by atoms with Crippen LogP contribution >= 0.6 is 34.2 Å². The Morgan fingerprint density at radius 2 is 2.23 bits per heavy atom. The third-order valence-electron chi connectivity index (χ3n) is 1.63. The predicted molar refractivity (Wildman–Crippen MR) is 59.5 cm³/mol. The highest BCUT2D eigenvalue weighted by atomic mass is 127. The van der Waals surface area contributed by atoms with Crippen LogP contribution in [0.4, 0.5) is 0 Å². The Bertz CT molecular complexity index is 413. The highest BCUT2D eigenvalue weighted by Gasteiger charge is 2.03. The van der Waals surface area contributed by atoms with E-state index in [4.69, 9.17) is 11.6 Å². The van der Waals surface area contributed by atoms with E-state index in [9.17, 15) is 0 Å². The molecule has 0 unspecified atom stereocenters. The maximum Gasteiger partial charge on any atom is 0.112 e. The van der Waals surface area contributed by atoms with Gasteiger partial charge in [-0.25, -0.2) is 0 Å². The first-order valence-corrected chi connectivity index (χ1v) is 5.04. The lowest BCUT2D eigenvalue weighted by atomic mass is 10.2. The first-order valence-electron chi connectivity index (χ1n) is 3.58. The molecule has 1 aromatic carbocycles. The van der Waals surface area contributed by atoms with Gasteiger partial charge in [-0.05, 0) is 34.7 Å². The summed E-state index contributed by atoms with van der Waals surface area (Å²) in [5.74, 6) is 0. The van der Waals surface area contributed by atoms with Crippen LogP contribution in [-0.2, 0) is 0 Å². The molecule has 0 saturated heterocycles. The molecule has 66 valence electrons. The second kappa shape index (κ2) is 3.63. The first kappa shape index (κ1) is 8.96. The lowest BCUT2D eigenvalue weighted by Gasteiger charge is -1.98. The van der Waals surface area contributed by atoms with E-state index in [-0.39, 0.29) is 0 Å². The monoisotopic (exact) mass is 305 g/mol. The van der Waals surface area contributed by atoms with Gasteiger partial charge < -0.3 is 0 Å². The molecule has 5 heteroatoms. The van der Waals surface area contributed by atoms with Gasteiger partial charge in [0, 0.05) is 9.13 Å². The number of hydrogen-bond donors (Lipinski definition) is 1. The average Bonchev–Trinajstić information content (AvgIpc) is 2.62. The van der Waals surface area contributed by atoms with Crippen LogP contribution in [0.15, 0.2) is 24.4 Å². The van der Waals surface area contributed by atoms with Crippen LogP contribution in [-0.4, -0.2) is 15.4 Å². The zero-order chi connectivity index (χ0) is 9.26. The second-order valence-electron chi connectivity index (χ2n) is 2.48. The molecule has 1 heterocycles. The van der Waals surface area contributed by atoms with Gasteiger partial charge in [-0.2, -0.15) is 15.4 Å². The van der Waals surface area contributed by atoms with Crippen molar-refractivity contribution in [1.29, 1.82) is 0 Å². The number of halogens is 2. The summed E-state index contributed by atoms with van der Waals surface area (Å²) in [6, 6.07) is 5.79. The van der Waals surface area contributed by atoms with Gasteiger partial charge in [0.25, 0.3) is 0 Å². The average molecular weight is 306 g/mol. The molecular formula is C8H5ClIN3. The van der Waals surface area contributed by atoms with E-state index >= 15 is 0 Å². The van der Waals surface area contributed by atoms with Crippen molar-refractivity contribution in [3.8, 4) is 11.3 Å². The van der Waals surface area contributed by atoms with Crippen LogP contribution in [0.2, 0.25) is 5.02 Å². The molecule has 2 rings (SSSR count). The fourth-order valence-corrected chi connectivity index (χ4v) is 1.51. The van der Waals surface area contributed by atoms with Crippen molar-refractivity contribution < 1.29 is 0 Å². The zero-order valence-corrected chi connectivity index (χ0v) is 9.37. The number of aromatic amines is 1. The van der Waals surface area contributed by atoms with Crippen LogP contribution in [0.3, 0.4) is 0 Å². The Labute approximate surface area is 93.6 Å². The van der Waals surface area contributed by atoms with E-state index in [0.29, 0.717) is 0 Å². The highest BCUT2D eigenvalue weighted by Crippen LogP contribution is 2.24. The van der Waals surface area contributed by atoms with Crippen molar-refractivity contribution in [2.24, 2.45) is 0 Å². The number of H-pyrrole nitrogens is 1. The Kier molecular flexibility index (Phi) is 2.50. The molecule has 3 nitrogen and oxygen atoms in total. The maximum absolute atomic E-state index is 5.96. The number of aromatic nitrogens is 3. The Morgan fingerprint density at radius 3 is 2.85 bits per heavy atom. The molecule has 0 spiro atoms. The van der Waals surface area contributed by atoms with E-state index in [2.05, 4.69) is 38.0 Å². The highest BCUT2D eigenvalue weighted by molar-refractivity contribution is 14.1. The molecule has 0 fully saturated rings. The fourth-order valence-electron chi connectivity index (χ4n) is 0.996. The minimum absolute atomic E-state index is 0.737. The topological polar surface area (TPSA) is 41.6 Å². The van der Waals surface area contributed by atoms with E-state index < -0.39 is 0 Å². The van der Waals surface area contributed by atoms with Crippen molar-refractivity contribution >= 4 is 34.2 Å². The van der Waals surface area contributed by atoms with Gasteiger partial charge in [-0.3, -0.25) is 0 Å². The summed E-state index contributed by atoms with van der Waals surface area (Å²) >= 11 is 8.15. The third-order valence-corrected chi connectivity index (χ3v) is 3.20. The molecule has 0 amide bonds. The smallest absolute Gasteiger partial charge is 0.112 e. The lowest BCUT2D eigenvalue weighted by molar-refractivity contribution is 0.942. The van der Waals surface area contributed by atoms with Crippen LogP contribution in [0.1, 0.15) is 0 Å². The second-order valence-corrected chi connectivity index (χ2v) is 4.05. The third kappa shape index (κ3) is 1.83. The van der Waals surface area contributed by atoms with Gasteiger partial charge in [-0.15, -0.1) is 0 Å². The van der Waals surface area contributed by atoms with Crippen LogP contribution in [0.5, 0.6) is 0 Å². The largest absolute Gasteiger partial charge is 0.197 e. The normalized spacial score (nSPS) is 10.3. The standard InChI is InChI=1S/C8H5ClIN3/c9-6-3-5(1-2-7(6)10)8-4-11-13-12-8/h1-4H,(H,11,12,13). The van der Waals surface area contributed by atoms with Gasteiger partial charge in [0.15, 0.2) is 0 Å². The Morgan fingerprint density at radius 1 is 1.38 bits per heavy atom. The Balaban J connectivity index is 2.49. The molecule has 13 heavy (non-hydrogen) atoms. The molecule has 0 aliphatic rings. The van der Waals surface area contributed by atoms with E-state index in [1.165, 1.54) is 0 Å². The maximum atomic E-state index is 5.96. The van der Waals surface area contributed by atoms with E-state index in [0.717, 1.165) is 19.9 Å². The van der Waals surface area contributed by atoms with Crippen molar-refractivity contribution in [3.63, 3.8) is 0 Å². The van der Waals surface area contributed by atoms with Crippen LogP contribution in [0, 0.1) is 3.57 Å². The summed E-state index contributed by atoms with van der Waals surface area (Å²) in [6.45, 7) is 0. The Hall–Kier alpha value is -0.620. The molecule has 2 aromatic rings. The summed E-state index contributed by atoms with van der Waals surface area (Å²) < 4.78 is 1.03. The first-order chi connectivity index (χ1) is 6.27. The van der Waals surface area contributed by atoms with Gasteiger partial charge in [0.05, 0.1) is 11.2 Å². The van der Waals surface area contributed by atoms with Gasteiger partial charge >= 0.3 is 0 Å². The number of nitrogens with one attached hydrogen (secondary N) is 1. The van der Waals surface area contributed by atoms with Gasteiger partial charge in [0.1, 0.15) is 5.69 Å². The van der Waals surface area contributed by atoms with Gasteiger partial charge in [-0.1, -0.05) is 17.7 Å². The summed E-state index contributed by atoms with van der Waals surface area (Å²) in [4.78, 5) is 0. The van der Waals surface area contributed by atoms with E-state index in [1.807, 2.05) is 18.2 Å². The van der Waals surface area contributed by atoms with E-state index in [1.54, 1.807) is 6.20 Å². The molecular weight excluding hydrogens is 300 g/mol. The quantitative estimate of drug-likeness (QED) is 0.823. The molecule has 0 aliphatic carbocycles. The zero-order valence-electron chi connectivity index (χ0n) is 6.46. The van der Waals surface area contributed by atoms with Crippen molar-refractivity contribution in [2.75, 3.05) is 0 Å². The molecule has 0 bridgehead atoms. The summed E-state index contributed by atoms with van der Waals surface area (Å²) in [5, 5.41) is 11.0. The van der Waals surface area contributed by atoms with Crippen LogP contribution in [0.25, 0.3) is 11.3 Å². The summed E-state index contributed by atoms with van der Waals surface area (Å²) in [6.07, 6.45) is 1.67. The minimum atomic E-state index is 0.737. The SMILES string of the molecule is Clc1cc(-c2cn[nH]n2)ccc1I. The fraction of sp³-hybridized carbons (Fsp3) is 0. The van der Waals surface area contributed by atoms with Crippen molar-refractivity contribution in [1.82, 2.24) is 15.4 Å². The molecule has 0 atom stereocenters. The minimum Gasteiger partial charge on any atom is -0.197 e. The number of rotatable bonds is 1. The van der Waals surface area contributed by atoms with Crippen molar-refractivity contribution in [2.45, 2.75) is 0 Å². The molecule has 0 saturated carbocycles. The van der Waals surface area contributed by atoms with Gasteiger partial charge in [0.2, 0.25) is 0 Å². The molecule has 1 N–H and O–H groups in total. The van der Waals surface area contributed by atoms with Crippen molar-refractivity contribution in [3.05, 3.63) is 33.0 Å². The molecule has 0 aliphatic heterocycles. The summed E-state index contributed by atoms with van der Waals surface area (Å²) in [7, 11) is 0. The summed E-state index contributed by atoms with van der Waals surface area (Å²) in [5.41, 5.74) is 1.78. The predicted octanol–water partition coefficient (Wildman–Crippen LogP) is 2.73. The molecule has 0 radical (unpaired) electrons. The van der Waals surface area contributed by atoms with Crippen LogP contribution < -0.4 is 0 Å². The number of nitrogens with zero attached hydrogens (tertiary/aromatic N) is 2. The number of benzene rings is 1. The lowest BCUT2D eigenvalue weighted by Crippen LogP contribution is -1.80.